The Labute approximate surface area is 141 Å². The third kappa shape index (κ3) is 4.10. The molecule has 2 aromatic rings. The van der Waals surface area contributed by atoms with Crippen molar-refractivity contribution in [2.75, 3.05) is 6.61 Å². The Morgan fingerprint density at radius 2 is 1.88 bits per heavy atom. The fourth-order valence-corrected chi connectivity index (χ4v) is 2.12. The van der Waals surface area contributed by atoms with Crippen molar-refractivity contribution in [1.29, 1.82) is 0 Å². The van der Waals surface area contributed by atoms with Gasteiger partial charge in [-0.25, -0.2) is 14.2 Å². The first-order valence-electron chi connectivity index (χ1n) is 7.98. The Morgan fingerprint density at radius 1 is 1.21 bits per heavy atom. The van der Waals surface area contributed by atoms with Crippen LogP contribution < -0.4 is 4.74 Å². The van der Waals surface area contributed by atoms with Gasteiger partial charge in [-0.2, -0.15) is 0 Å². The molecule has 0 spiro atoms. The van der Waals surface area contributed by atoms with E-state index in [1.165, 1.54) is 11.8 Å². The molecular weight excluding hydrogens is 309 g/mol. The summed E-state index contributed by atoms with van der Waals surface area (Å²) in [6, 6.07) is 8.56. The summed E-state index contributed by atoms with van der Waals surface area (Å²) < 4.78 is 24.3. The maximum Gasteiger partial charge on any atom is 0.339 e. The SMILES string of the molecule is CCOC(=O)c1cnc(Oc2ccc(C(C)(C)CC)cc2)c(F)c1. The van der Waals surface area contributed by atoms with E-state index in [0.29, 0.717) is 5.75 Å². The number of nitrogens with zero attached hydrogens (tertiary/aromatic N) is 1. The van der Waals surface area contributed by atoms with Crippen molar-refractivity contribution in [3.05, 3.63) is 53.5 Å². The largest absolute Gasteiger partial charge is 0.462 e. The highest BCUT2D eigenvalue weighted by atomic mass is 19.1. The van der Waals surface area contributed by atoms with Gasteiger partial charge in [0, 0.05) is 6.20 Å². The van der Waals surface area contributed by atoms with Crippen LogP contribution in [0.25, 0.3) is 0 Å². The number of pyridine rings is 1. The van der Waals surface area contributed by atoms with Crippen molar-refractivity contribution in [1.82, 2.24) is 4.98 Å². The average Bonchev–Trinajstić information content (AvgIpc) is 2.57. The lowest BCUT2D eigenvalue weighted by Gasteiger charge is -2.23. The van der Waals surface area contributed by atoms with Crippen molar-refractivity contribution in [2.45, 2.75) is 39.5 Å². The molecule has 1 heterocycles. The Bertz CT molecular complexity index is 711. The predicted octanol–water partition coefficient (Wildman–Crippen LogP) is 4.88. The maximum absolute atomic E-state index is 14.1. The number of rotatable bonds is 6. The number of ether oxygens (including phenoxy) is 2. The lowest BCUT2D eigenvalue weighted by Crippen LogP contribution is -2.14. The molecule has 1 aromatic carbocycles. The summed E-state index contributed by atoms with van der Waals surface area (Å²) in [7, 11) is 0. The Morgan fingerprint density at radius 3 is 2.42 bits per heavy atom. The van der Waals surface area contributed by atoms with Crippen molar-refractivity contribution < 1.29 is 18.7 Å². The zero-order valence-electron chi connectivity index (χ0n) is 14.4. The van der Waals surface area contributed by atoms with E-state index in [4.69, 9.17) is 9.47 Å². The van der Waals surface area contributed by atoms with E-state index in [0.717, 1.165) is 12.5 Å². The summed E-state index contributed by atoms with van der Waals surface area (Å²) in [5.74, 6) is -1.01. The minimum Gasteiger partial charge on any atom is -0.462 e. The molecule has 4 nitrogen and oxygen atoms in total. The van der Waals surface area contributed by atoms with Gasteiger partial charge in [0.15, 0.2) is 5.82 Å². The third-order valence-corrected chi connectivity index (χ3v) is 4.05. The van der Waals surface area contributed by atoms with Crippen LogP contribution in [0.1, 0.15) is 50.0 Å². The van der Waals surface area contributed by atoms with Crippen molar-refractivity contribution in [3.63, 3.8) is 0 Å². The van der Waals surface area contributed by atoms with Crippen molar-refractivity contribution in [2.24, 2.45) is 0 Å². The van der Waals surface area contributed by atoms with E-state index >= 15 is 0 Å². The normalized spacial score (nSPS) is 11.2. The molecule has 0 amide bonds. The molecule has 128 valence electrons. The fourth-order valence-electron chi connectivity index (χ4n) is 2.12. The number of hydrogen-bond acceptors (Lipinski definition) is 4. The lowest BCUT2D eigenvalue weighted by molar-refractivity contribution is 0.0525. The van der Waals surface area contributed by atoms with Gasteiger partial charge in [-0.3, -0.25) is 0 Å². The Hall–Kier alpha value is -2.43. The number of aromatic nitrogens is 1. The predicted molar refractivity (Wildman–Crippen MR) is 90.0 cm³/mol. The van der Waals surface area contributed by atoms with E-state index in [1.807, 2.05) is 12.1 Å². The molecule has 0 unspecified atom stereocenters. The lowest BCUT2D eigenvalue weighted by atomic mass is 9.82. The quantitative estimate of drug-likeness (QED) is 0.708. The second-order valence-electron chi connectivity index (χ2n) is 6.10. The van der Waals surface area contributed by atoms with Gasteiger partial charge in [-0.15, -0.1) is 0 Å². The molecule has 0 fully saturated rings. The first kappa shape index (κ1) is 17.9. The van der Waals surface area contributed by atoms with Crippen LogP contribution in [0.2, 0.25) is 0 Å². The van der Waals surface area contributed by atoms with Gasteiger partial charge in [0.1, 0.15) is 5.75 Å². The monoisotopic (exact) mass is 331 g/mol. The molecule has 0 aliphatic carbocycles. The summed E-state index contributed by atoms with van der Waals surface area (Å²) in [6.45, 7) is 8.37. The molecule has 0 saturated carbocycles. The zero-order chi connectivity index (χ0) is 17.7. The van der Waals surface area contributed by atoms with Gasteiger partial charge in [0.05, 0.1) is 12.2 Å². The van der Waals surface area contributed by atoms with Gasteiger partial charge in [-0.05, 0) is 42.5 Å². The van der Waals surface area contributed by atoms with Crippen LogP contribution >= 0.6 is 0 Å². The minimum atomic E-state index is -0.710. The van der Waals surface area contributed by atoms with Gasteiger partial charge < -0.3 is 9.47 Å². The van der Waals surface area contributed by atoms with E-state index < -0.39 is 11.8 Å². The van der Waals surface area contributed by atoms with Gasteiger partial charge >= 0.3 is 5.97 Å². The summed E-state index contributed by atoms with van der Waals surface area (Å²) in [5, 5.41) is 0. The zero-order valence-corrected chi connectivity index (χ0v) is 14.4. The van der Waals surface area contributed by atoms with Crippen LogP contribution in [0.3, 0.4) is 0 Å². The van der Waals surface area contributed by atoms with Crippen LogP contribution in [0.4, 0.5) is 4.39 Å². The molecule has 0 aliphatic heterocycles. The fraction of sp³-hybridized carbons (Fsp3) is 0.368. The van der Waals surface area contributed by atoms with Gasteiger partial charge in [0.2, 0.25) is 0 Å². The highest BCUT2D eigenvalue weighted by molar-refractivity contribution is 5.89. The van der Waals surface area contributed by atoms with Gasteiger partial charge in [0.25, 0.3) is 5.88 Å². The number of esters is 1. The Kier molecular flexibility index (Phi) is 5.54. The van der Waals surface area contributed by atoms with E-state index in [1.54, 1.807) is 19.1 Å². The van der Waals surface area contributed by atoms with Crippen molar-refractivity contribution in [3.8, 4) is 11.6 Å². The smallest absolute Gasteiger partial charge is 0.339 e. The number of benzene rings is 1. The second kappa shape index (κ2) is 7.43. The standard InChI is InChI=1S/C19H22FNO3/c1-5-19(3,4)14-7-9-15(10-8-14)24-17-16(20)11-13(12-21-17)18(22)23-6-2/h7-12H,5-6H2,1-4H3. The van der Waals surface area contributed by atoms with Gasteiger partial charge in [-0.1, -0.05) is 32.9 Å². The minimum absolute atomic E-state index is 0.0572. The molecule has 0 atom stereocenters. The maximum atomic E-state index is 14.1. The summed E-state index contributed by atoms with van der Waals surface area (Å²) in [4.78, 5) is 15.4. The molecule has 2 rings (SSSR count). The number of hydrogen-bond donors (Lipinski definition) is 0. The van der Waals surface area contributed by atoms with Crippen LogP contribution in [0, 0.1) is 5.82 Å². The summed E-state index contributed by atoms with van der Waals surface area (Å²) in [5.41, 5.74) is 1.31. The average molecular weight is 331 g/mol. The number of halogens is 1. The third-order valence-electron chi connectivity index (χ3n) is 4.05. The molecule has 0 radical (unpaired) electrons. The number of carbonyl (C=O) groups excluding carboxylic acids is 1. The van der Waals surface area contributed by atoms with Crippen LogP contribution in [-0.2, 0) is 10.2 Å². The number of carbonyl (C=O) groups is 1. The highest BCUT2D eigenvalue weighted by Gasteiger charge is 2.18. The van der Waals surface area contributed by atoms with E-state index in [9.17, 15) is 9.18 Å². The summed E-state index contributed by atoms with van der Waals surface area (Å²) in [6.07, 6.45) is 2.25. The Balaban J connectivity index is 2.15. The molecule has 0 aliphatic rings. The molecule has 0 saturated heterocycles. The van der Waals surface area contributed by atoms with Crippen LogP contribution in [-0.4, -0.2) is 17.6 Å². The molecule has 5 heteroatoms. The first-order valence-corrected chi connectivity index (χ1v) is 7.98. The van der Waals surface area contributed by atoms with Crippen LogP contribution in [0.5, 0.6) is 11.6 Å². The molecule has 1 aromatic heterocycles. The second-order valence-corrected chi connectivity index (χ2v) is 6.10. The molecular formula is C19H22FNO3. The highest BCUT2D eigenvalue weighted by Crippen LogP contribution is 2.29. The van der Waals surface area contributed by atoms with E-state index in [-0.39, 0.29) is 23.5 Å². The molecule has 0 bridgehead atoms. The van der Waals surface area contributed by atoms with Crippen LogP contribution in [0.15, 0.2) is 36.5 Å². The molecule has 0 N–H and O–H groups in total. The summed E-state index contributed by atoms with van der Waals surface area (Å²) >= 11 is 0. The van der Waals surface area contributed by atoms with Crippen molar-refractivity contribution >= 4 is 5.97 Å². The molecule has 24 heavy (non-hydrogen) atoms. The van der Waals surface area contributed by atoms with E-state index in [2.05, 4.69) is 25.8 Å². The topological polar surface area (TPSA) is 48.4 Å². The first-order chi connectivity index (χ1) is 11.4.